The molecule has 0 N–H and O–H groups in total. The van der Waals surface area contributed by atoms with Crippen LogP contribution in [0.15, 0.2) is 46.8 Å². The monoisotopic (exact) mass is 423 g/mol. The minimum Gasteiger partial charge on any atom is -0.464 e. The minimum absolute atomic E-state index is 0.0491. The lowest BCUT2D eigenvalue weighted by Gasteiger charge is -2.12. The second-order valence-corrected chi connectivity index (χ2v) is 6.09. The summed E-state index contributed by atoms with van der Waals surface area (Å²) in [5.74, 6) is -0.695. The van der Waals surface area contributed by atoms with E-state index in [9.17, 15) is 18.0 Å². The van der Waals surface area contributed by atoms with Crippen molar-refractivity contribution in [2.75, 3.05) is 14.2 Å². The van der Waals surface area contributed by atoms with Crippen LogP contribution >= 0.6 is 0 Å². The fraction of sp³-hybridized carbons (Fsp3) is 0.300. The van der Waals surface area contributed by atoms with Crippen LogP contribution in [0.4, 0.5) is 13.2 Å². The Bertz CT molecular complexity index is 972. The molecule has 0 aliphatic carbocycles. The Balaban J connectivity index is 2.28. The molecule has 0 spiro atoms. The van der Waals surface area contributed by atoms with E-state index in [1.165, 1.54) is 27.2 Å². The molecule has 0 atom stereocenters. The van der Waals surface area contributed by atoms with Crippen molar-refractivity contribution in [2.24, 2.45) is 10.3 Å². The molecule has 0 radical (unpaired) electrons. The number of esters is 1. The number of oxime groups is 2. The highest BCUT2D eigenvalue weighted by Crippen LogP contribution is 2.27. The maximum absolute atomic E-state index is 12.8. The van der Waals surface area contributed by atoms with Crippen molar-refractivity contribution in [3.8, 4) is 0 Å². The standard InChI is InChI=1S/C20H20F3N3O4/c1-12-6-5-7-15(18(26-29-4)19(27)28-3)16(12)11-30-25-13(2)14-8-9-24-17(10-14)20(21,22)23/h5-10H,11H2,1-4H3/b25-13+,26-18+. The summed E-state index contributed by atoms with van der Waals surface area (Å²) < 4.78 is 43.2. The molecule has 2 rings (SSSR count). The van der Waals surface area contributed by atoms with Gasteiger partial charge in [-0.15, -0.1) is 0 Å². The molecule has 7 nitrogen and oxygen atoms in total. The Morgan fingerprint density at radius 3 is 2.53 bits per heavy atom. The molecular weight excluding hydrogens is 403 g/mol. The van der Waals surface area contributed by atoms with Gasteiger partial charge in [-0.2, -0.15) is 13.2 Å². The second-order valence-electron chi connectivity index (χ2n) is 6.09. The van der Waals surface area contributed by atoms with Crippen molar-refractivity contribution >= 4 is 17.4 Å². The molecule has 10 heteroatoms. The van der Waals surface area contributed by atoms with E-state index in [0.717, 1.165) is 17.8 Å². The molecule has 0 bridgehead atoms. The lowest BCUT2D eigenvalue weighted by Crippen LogP contribution is -2.20. The molecule has 0 saturated carbocycles. The van der Waals surface area contributed by atoms with Gasteiger partial charge in [0.15, 0.2) is 5.71 Å². The number of methoxy groups -OCH3 is 1. The first-order chi connectivity index (χ1) is 14.2. The molecule has 1 aromatic carbocycles. The molecule has 0 saturated heterocycles. The molecule has 0 aliphatic heterocycles. The van der Waals surface area contributed by atoms with Gasteiger partial charge in [0.1, 0.15) is 19.4 Å². The Morgan fingerprint density at radius 1 is 1.17 bits per heavy atom. The summed E-state index contributed by atoms with van der Waals surface area (Å²) >= 11 is 0. The minimum atomic E-state index is -4.56. The zero-order chi connectivity index (χ0) is 22.3. The topological polar surface area (TPSA) is 82.4 Å². The van der Waals surface area contributed by atoms with E-state index < -0.39 is 17.8 Å². The van der Waals surface area contributed by atoms with Crippen molar-refractivity contribution in [3.05, 3.63) is 64.5 Å². The lowest BCUT2D eigenvalue weighted by molar-refractivity contribution is -0.141. The Labute approximate surface area is 171 Å². The number of nitrogens with zero attached hydrogens (tertiary/aromatic N) is 3. The van der Waals surface area contributed by atoms with Gasteiger partial charge in [-0.05, 0) is 31.5 Å². The van der Waals surface area contributed by atoms with Crippen molar-refractivity contribution in [2.45, 2.75) is 26.6 Å². The highest BCUT2D eigenvalue weighted by molar-refractivity contribution is 6.43. The van der Waals surface area contributed by atoms with Gasteiger partial charge in [-0.3, -0.25) is 4.98 Å². The number of ether oxygens (including phenoxy) is 1. The zero-order valence-electron chi connectivity index (χ0n) is 16.8. The number of rotatable bonds is 7. The molecule has 1 heterocycles. The highest BCUT2D eigenvalue weighted by atomic mass is 19.4. The first-order valence-electron chi connectivity index (χ1n) is 8.67. The number of hydrogen-bond donors (Lipinski definition) is 0. The summed E-state index contributed by atoms with van der Waals surface area (Å²) in [5.41, 5.74) is 1.20. The van der Waals surface area contributed by atoms with Crippen molar-refractivity contribution < 1.29 is 32.4 Å². The summed E-state index contributed by atoms with van der Waals surface area (Å²) in [5, 5.41) is 7.63. The Morgan fingerprint density at radius 2 is 1.90 bits per heavy atom. The van der Waals surface area contributed by atoms with Gasteiger partial charge < -0.3 is 14.4 Å². The number of carbonyl (C=O) groups excluding carboxylic acids is 1. The predicted octanol–water partition coefficient (Wildman–Crippen LogP) is 3.87. The third kappa shape index (κ3) is 5.56. The van der Waals surface area contributed by atoms with Crippen LogP contribution in [0.2, 0.25) is 0 Å². The smallest absolute Gasteiger partial charge is 0.433 e. The molecule has 30 heavy (non-hydrogen) atoms. The number of aryl methyl sites for hydroxylation is 1. The largest absolute Gasteiger partial charge is 0.464 e. The second kappa shape index (κ2) is 9.86. The molecule has 1 aromatic heterocycles. The number of alkyl halides is 3. The SMILES string of the molecule is CO/N=C(/C(=O)OC)c1cccc(C)c1CO/N=C(\C)c1ccnc(C(F)(F)F)c1. The summed E-state index contributed by atoms with van der Waals surface area (Å²) in [7, 11) is 2.52. The van der Waals surface area contributed by atoms with Crippen LogP contribution in [0, 0.1) is 6.92 Å². The van der Waals surface area contributed by atoms with E-state index in [-0.39, 0.29) is 23.6 Å². The van der Waals surface area contributed by atoms with E-state index >= 15 is 0 Å². The maximum Gasteiger partial charge on any atom is 0.433 e. The molecule has 0 unspecified atom stereocenters. The third-order valence-electron chi connectivity index (χ3n) is 4.11. The fourth-order valence-electron chi connectivity index (χ4n) is 2.56. The number of hydrogen-bond acceptors (Lipinski definition) is 7. The van der Waals surface area contributed by atoms with Crippen LogP contribution in [0.25, 0.3) is 0 Å². The van der Waals surface area contributed by atoms with Crippen molar-refractivity contribution in [1.82, 2.24) is 4.98 Å². The number of benzene rings is 1. The Kier molecular flexibility index (Phi) is 7.51. The zero-order valence-corrected chi connectivity index (χ0v) is 16.8. The van der Waals surface area contributed by atoms with Crippen LogP contribution in [0.1, 0.15) is 34.9 Å². The fourth-order valence-corrected chi connectivity index (χ4v) is 2.56. The van der Waals surface area contributed by atoms with Crippen LogP contribution in [-0.2, 0) is 32.0 Å². The van der Waals surface area contributed by atoms with E-state index in [4.69, 9.17) is 14.4 Å². The highest BCUT2D eigenvalue weighted by Gasteiger charge is 2.32. The number of pyridine rings is 1. The van der Waals surface area contributed by atoms with Gasteiger partial charge >= 0.3 is 12.1 Å². The molecular formula is C20H20F3N3O4. The average Bonchev–Trinajstić information content (AvgIpc) is 2.72. The molecule has 0 fully saturated rings. The van der Waals surface area contributed by atoms with Crippen molar-refractivity contribution in [1.29, 1.82) is 0 Å². The maximum atomic E-state index is 12.8. The third-order valence-corrected chi connectivity index (χ3v) is 4.11. The van der Waals surface area contributed by atoms with E-state index in [1.807, 2.05) is 0 Å². The molecule has 0 aliphatic rings. The summed E-state index contributed by atoms with van der Waals surface area (Å²) in [6.07, 6.45) is -3.50. The van der Waals surface area contributed by atoms with Crippen molar-refractivity contribution in [3.63, 3.8) is 0 Å². The quantitative estimate of drug-likeness (QED) is 0.384. The average molecular weight is 423 g/mol. The normalized spacial score (nSPS) is 12.5. The van der Waals surface area contributed by atoms with Gasteiger partial charge in [-0.25, -0.2) is 4.79 Å². The molecule has 0 amide bonds. The molecule has 2 aromatic rings. The number of halogens is 3. The van der Waals surface area contributed by atoms with Gasteiger partial charge in [0.25, 0.3) is 0 Å². The van der Waals surface area contributed by atoms with Crippen LogP contribution in [0.3, 0.4) is 0 Å². The first-order valence-corrected chi connectivity index (χ1v) is 8.67. The van der Waals surface area contributed by atoms with Crippen LogP contribution in [0.5, 0.6) is 0 Å². The van der Waals surface area contributed by atoms with Gasteiger partial charge in [0, 0.05) is 22.9 Å². The number of carbonyl (C=O) groups is 1. The first kappa shape index (κ1) is 22.9. The van der Waals surface area contributed by atoms with Crippen LogP contribution in [-0.4, -0.2) is 36.6 Å². The van der Waals surface area contributed by atoms with Gasteiger partial charge in [-0.1, -0.05) is 28.5 Å². The summed E-state index contributed by atoms with van der Waals surface area (Å²) in [6, 6.07) is 7.47. The predicted molar refractivity (Wildman–Crippen MR) is 103 cm³/mol. The van der Waals surface area contributed by atoms with E-state index in [2.05, 4.69) is 15.3 Å². The molecule has 160 valence electrons. The lowest BCUT2D eigenvalue weighted by atomic mass is 9.99. The van der Waals surface area contributed by atoms with Gasteiger partial charge in [0.2, 0.25) is 0 Å². The number of aromatic nitrogens is 1. The van der Waals surface area contributed by atoms with E-state index in [0.29, 0.717) is 11.1 Å². The summed E-state index contributed by atoms with van der Waals surface area (Å²) in [4.78, 5) is 25.5. The van der Waals surface area contributed by atoms with Gasteiger partial charge in [0.05, 0.1) is 12.8 Å². The van der Waals surface area contributed by atoms with Crippen LogP contribution < -0.4 is 0 Å². The summed E-state index contributed by atoms with van der Waals surface area (Å²) in [6.45, 7) is 3.26. The van der Waals surface area contributed by atoms with E-state index in [1.54, 1.807) is 25.1 Å². The Hall–Kier alpha value is -3.43.